The van der Waals surface area contributed by atoms with Gasteiger partial charge < -0.3 is 20.5 Å². The zero-order valence-corrected chi connectivity index (χ0v) is 17.8. The number of aliphatic hydroxyl groups is 1. The monoisotopic (exact) mass is 422 g/mol. The van der Waals surface area contributed by atoms with Crippen molar-refractivity contribution in [3.63, 3.8) is 0 Å². The zero-order valence-electron chi connectivity index (χ0n) is 17.0. The predicted octanol–water partition coefficient (Wildman–Crippen LogP) is 3.00. The summed E-state index contributed by atoms with van der Waals surface area (Å²) >= 11 is 1.47. The number of aromatic nitrogens is 3. The Morgan fingerprint density at radius 2 is 2.07 bits per heavy atom. The van der Waals surface area contributed by atoms with Crippen molar-refractivity contribution < 1.29 is 9.84 Å². The average Bonchev–Trinajstić information content (AvgIpc) is 3.32. The van der Waals surface area contributed by atoms with Crippen LogP contribution in [0.2, 0.25) is 0 Å². The number of nitrogens with two attached hydrogens (primary N) is 1. The van der Waals surface area contributed by atoms with E-state index >= 15 is 0 Å². The van der Waals surface area contributed by atoms with Gasteiger partial charge in [0.15, 0.2) is 0 Å². The Kier molecular flexibility index (Phi) is 5.05. The first kappa shape index (κ1) is 20.1. The summed E-state index contributed by atoms with van der Waals surface area (Å²) in [5, 5.41) is 22.7. The molecule has 154 valence electrons. The molecule has 8 nitrogen and oxygen atoms in total. The molecule has 1 fully saturated rings. The lowest BCUT2D eigenvalue weighted by Gasteiger charge is -2.21. The van der Waals surface area contributed by atoms with Crippen molar-refractivity contribution in [1.82, 2.24) is 15.0 Å². The zero-order chi connectivity index (χ0) is 21.5. The van der Waals surface area contributed by atoms with Crippen LogP contribution in [0.4, 0.5) is 11.5 Å². The third-order valence-corrected chi connectivity index (χ3v) is 6.02. The van der Waals surface area contributed by atoms with E-state index in [1.807, 2.05) is 30.2 Å². The highest BCUT2D eigenvalue weighted by Crippen LogP contribution is 2.35. The van der Waals surface area contributed by atoms with Crippen molar-refractivity contribution in [1.29, 1.82) is 5.26 Å². The van der Waals surface area contributed by atoms with Gasteiger partial charge in [-0.2, -0.15) is 5.26 Å². The van der Waals surface area contributed by atoms with Gasteiger partial charge in [-0.25, -0.2) is 15.0 Å². The molecule has 4 heterocycles. The van der Waals surface area contributed by atoms with Crippen LogP contribution in [0, 0.1) is 18.3 Å². The normalized spacial score (nSPS) is 18.4. The van der Waals surface area contributed by atoms with Gasteiger partial charge in [0.05, 0.1) is 24.1 Å². The van der Waals surface area contributed by atoms with E-state index in [-0.39, 0.29) is 5.56 Å². The maximum absolute atomic E-state index is 10.3. The summed E-state index contributed by atoms with van der Waals surface area (Å²) in [5.74, 6) is 1.24. The Morgan fingerprint density at radius 1 is 1.27 bits per heavy atom. The fourth-order valence-corrected chi connectivity index (χ4v) is 4.24. The van der Waals surface area contributed by atoms with E-state index < -0.39 is 5.60 Å². The second kappa shape index (κ2) is 7.55. The Morgan fingerprint density at radius 3 is 2.67 bits per heavy atom. The summed E-state index contributed by atoms with van der Waals surface area (Å²) in [6, 6.07) is 7.36. The van der Waals surface area contributed by atoms with Crippen LogP contribution in [-0.4, -0.2) is 45.9 Å². The number of nitriles is 1. The lowest BCUT2D eigenvalue weighted by atomic mass is 10.1. The molecule has 0 aromatic carbocycles. The number of nitrogen functional groups attached to an aromatic ring is 1. The third kappa shape index (κ3) is 3.79. The van der Waals surface area contributed by atoms with Crippen LogP contribution in [0.25, 0.3) is 22.1 Å². The van der Waals surface area contributed by atoms with E-state index in [9.17, 15) is 10.4 Å². The molecule has 1 atom stereocenters. The van der Waals surface area contributed by atoms with Crippen LogP contribution >= 0.6 is 11.3 Å². The van der Waals surface area contributed by atoms with Gasteiger partial charge in [0, 0.05) is 36.3 Å². The standard InChI is InChI=1S/C21H22N6O2S/c1-12-10-30-20(24-12)17-8-15(23)14(9-22)19(26-17)16-6-13(29-3)7-18(25-16)27-5-4-21(2,28)11-27/h6-8,10,28H,4-5,11H2,1-3H3,(H2,23,26)/t21-/m1/s1. The van der Waals surface area contributed by atoms with Crippen molar-refractivity contribution in [2.24, 2.45) is 0 Å². The van der Waals surface area contributed by atoms with Crippen molar-refractivity contribution in [3.8, 4) is 33.9 Å². The number of hydrogen-bond acceptors (Lipinski definition) is 9. The Labute approximate surface area is 178 Å². The van der Waals surface area contributed by atoms with E-state index in [1.165, 1.54) is 11.3 Å². The molecule has 0 amide bonds. The number of thiazole rings is 1. The number of rotatable bonds is 4. The molecule has 1 aliphatic rings. The highest BCUT2D eigenvalue weighted by Gasteiger charge is 2.32. The summed E-state index contributed by atoms with van der Waals surface area (Å²) in [4.78, 5) is 15.9. The summed E-state index contributed by atoms with van der Waals surface area (Å²) in [5.41, 5.74) is 8.35. The Hall–Kier alpha value is -3.22. The predicted molar refractivity (Wildman–Crippen MR) is 116 cm³/mol. The smallest absolute Gasteiger partial charge is 0.142 e. The van der Waals surface area contributed by atoms with Crippen LogP contribution in [0.1, 0.15) is 24.6 Å². The minimum Gasteiger partial charge on any atom is -0.497 e. The van der Waals surface area contributed by atoms with E-state index in [4.69, 9.17) is 15.5 Å². The van der Waals surface area contributed by atoms with E-state index in [2.05, 4.69) is 16.0 Å². The quantitative estimate of drug-likeness (QED) is 0.658. The third-order valence-electron chi connectivity index (χ3n) is 5.04. The molecule has 3 N–H and O–H groups in total. The minimum atomic E-state index is -0.770. The summed E-state index contributed by atoms with van der Waals surface area (Å²) in [6.07, 6.45) is 0.648. The fourth-order valence-electron chi connectivity index (χ4n) is 3.48. The van der Waals surface area contributed by atoms with Gasteiger partial charge >= 0.3 is 0 Å². The number of pyridine rings is 2. The molecule has 3 aromatic heterocycles. The molecule has 0 saturated carbocycles. The molecule has 0 aliphatic carbocycles. The maximum Gasteiger partial charge on any atom is 0.142 e. The van der Waals surface area contributed by atoms with Crippen LogP contribution in [0.15, 0.2) is 23.6 Å². The number of anilines is 2. The minimum absolute atomic E-state index is 0.257. The first-order chi connectivity index (χ1) is 14.3. The molecule has 0 bridgehead atoms. The molecular weight excluding hydrogens is 400 g/mol. The van der Waals surface area contributed by atoms with Gasteiger partial charge in [-0.1, -0.05) is 0 Å². The topological polar surface area (TPSA) is 121 Å². The lowest BCUT2D eigenvalue weighted by molar-refractivity contribution is 0.0839. The SMILES string of the molecule is COc1cc(-c2nc(-c3nc(C)cs3)cc(N)c2C#N)nc(N2CC[C@@](C)(O)C2)c1. The van der Waals surface area contributed by atoms with Gasteiger partial charge in [-0.15, -0.1) is 11.3 Å². The molecule has 9 heteroatoms. The van der Waals surface area contributed by atoms with Gasteiger partial charge in [-0.05, 0) is 26.3 Å². The van der Waals surface area contributed by atoms with Crippen LogP contribution in [0.3, 0.4) is 0 Å². The largest absolute Gasteiger partial charge is 0.497 e. The average molecular weight is 423 g/mol. The summed E-state index contributed by atoms with van der Waals surface area (Å²) in [7, 11) is 1.57. The Bertz CT molecular complexity index is 1150. The number of hydrogen-bond donors (Lipinski definition) is 2. The molecule has 30 heavy (non-hydrogen) atoms. The number of β-amino-alcohol motifs (C(OH)–C–C–N with tert-alkyl or cyclic N) is 1. The number of nitrogens with zero attached hydrogens (tertiary/aromatic N) is 5. The van der Waals surface area contributed by atoms with Crippen molar-refractivity contribution >= 4 is 22.8 Å². The number of aryl methyl sites for hydroxylation is 1. The van der Waals surface area contributed by atoms with Crippen LogP contribution in [-0.2, 0) is 0 Å². The van der Waals surface area contributed by atoms with Crippen LogP contribution in [0.5, 0.6) is 5.75 Å². The van der Waals surface area contributed by atoms with Gasteiger partial charge in [0.25, 0.3) is 0 Å². The van der Waals surface area contributed by atoms with Crippen molar-refractivity contribution in [2.45, 2.75) is 25.9 Å². The molecule has 0 radical (unpaired) electrons. The van der Waals surface area contributed by atoms with Gasteiger partial charge in [0.1, 0.15) is 39.6 Å². The van der Waals surface area contributed by atoms with Gasteiger partial charge in [-0.3, -0.25) is 0 Å². The van der Waals surface area contributed by atoms with E-state index in [0.717, 1.165) is 10.7 Å². The molecule has 0 unspecified atom stereocenters. The second-order valence-corrected chi connectivity index (χ2v) is 8.50. The van der Waals surface area contributed by atoms with E-state index in [1.54, 1.807) is 19.2 Å². The van der Waals surface area contributed by atoms with Crippen molar-refractivity contribution in [2.75, 3.05) is 30.8 Å². The fraction of sp³-hybridized carbons (Fsp3) is 0.333. The summed E-state index contributed by atoms with van der Waals surface area (Å²) < 4.78 is 5.47. The molecule has 1 aliphatic heterocycles. The first-order valence-electron chi connectivity index (χ1n) is 9.46. The maximum atomic E-state index is 10.3. The van der Waals surface area contributed by atoms with Gasteiger partial charge in [0.2, 0.25) is 0 Å². The number of methoxy groups -OCH3 is 1. The molecular formula is C21H22N6O2S. The molecule has 1 saturated heterocycles. The molecule has 4 rings (SSSR count). The van der Waals surface area contributed by atoms with Crippen LogP contribution < -0.4 is 15.4 Å². The van der Waals surface area contributed by atoms with E-state index in [0.29, 0.717) is 53.8 Å². The number of ether oxygens (including phenoxy) is 1. The highest BCUT2D eigenvalue weighted by atomic mass is 32.1. The Balaban J connectivity index is 1.86. The first-order valence-corrected chi connectivity index (χ1v) is 10.3. The summed E-state index contributed by atoms with van der Waals surface area (Å²) in [6.45, 7) is 4.86. The molecule has 3 aromatic rings. The van der Waals surface area contributed by atoms with Crippen molar-refractivity contribution in [3.05, 3.63) is 34.8 Å². The molecule has 0 spiro atoms. The second-order valence-electron chi connectivity index (χ2n) is 7.65. The highest BCUT2D eigenvalue weighted by molar-refractivity contribution is 7.13. The lowest BCUT2D eigenvalue weighted by Crippen LogP contribution is -2.30.